The lowest BCUT2D eigenvalue weighted by molar-refractivity contribution is -0.127. The van der Waals surface area contributed by atoms with E-state index in [-0.39, 0.29) is 5.91 Å². The van der Waals surface area contributed by atoms with Crippen molar-refractivity contribution in [2.24, 2.45) is 5.92 Å². The van der Waals surface area contributed by atoms with Gasteiger partial charge in [0.05, 0.1) is 6.54 Å². The Morgan fingerprint density at radius 1 is 1.46 bits per heavy atom. The summed E-state index contributed by atoms with van der Waals surface area (Å²) in [6, 6.07) is 0.559. The van der Waals surface area contributed by atoms with E-state index in [0.717, 1.165) is 5.92 Å². The van der Waals surface area contributed by atoms with Crippen LogP contribution in [0, 0.1) is 5.92 Å². The third-order valence-electron chi connectivity index (χ3n) is 2.88. The maximum absolute atomic E-state index is 11.3. The van der Waals surface area contributed by atoms with Gasteiger partial charge in [-0.1, -0.05) is 13.3 Å². The quantitative estimate of drug-likeness (QED) is 0.705. The molecule has 1 rings (SSSR count). The van der Waals surface area contributed by atoms with E-state index in [1.165, 1.54) is 19.3 Å². The Labute approximate surface area is 80.5 Å². The molecule has 0 aromatic carbocycles. The molecule has 0 heterocycles. The summed E-state index contributed by atoms with van der Waals surface area (Å²) in [5, 5.41) is 3.32. The van der Waals surface area contributed by atoms with Crippen LogP contribution in [-0.4, -0.2) is 37.5 Å². The monoisotopic (exact) mass is 184 g/mol. The van der Waals surface area contributed by atoms with Crippen molar-refractivity contribution in [1.82, 2.24) is 10.2 Å². The van der Waals surface area contributed by atoms with Crippen molar-refractivity contribution in [3.05, 3.63) is 0 Å². The molecule has 1 saturated carbocycles. The molecule has 3 heteroatoms. The average Bonchev–Trinajstić information content (AvgIpc) is 2.47. The zero-order valence-corrected chi connectivity index (χ0v) is 8.84. The van der Waals surface area contributed by atoms with Gasteiger partial charge in [0, 0.05) is 20.1 Å². The van der Waals surface area contributed by atoms with Crippen molar-refractivity contribution in [3.8, 4) is 0 Å². The highest BCUT2D eigenvalue weighted by atomic mass is 16.2. The zero-order chi connectivity index (χ0) is 9.84. The van der Waals surface area contributed by atoms with E-state index in [1.54, 1.807) is 19.0 Å². The predicted octanol–water partition coefficient (Wildman–Crippen LogP) is 0.853. The second kappa shape index (κ2) is 4.61. The minimum Gasteiger partial charge on any atom is -0.348 e. The summed E-state index contributed by atoms with van der Waals surface area (Å²) in [5.41, 5.74) is 0. The Bertz CT molecular complexity index is 180. The summed E-state index contributed by atoms with van der Waals surface area (Å²) in [5.74, 6) is 0.897. The molecule has 0 saturated heterocycles. The molecule has 0 aliphatic heterocycles. The van der Waals surface area contributed by atoms with Gasteiger partial charge in [0.2, 0.25) is 5.91 Å². The Hall–Kier alpha value is -0.570. The van der Waals surface area contributed by atoms with Crippen LogP contribution in [0.5, 0.6) is 0 Å². The highest BCUT2D eigenvalue weighted by molar-refractivity contribution is 5.77. The first-order chi connectivity index (χ1) is 6.11. The van der Waals surface area contributed by atoms with E-state index in [1.807, 2.05) is 0 Å². The van der Waals surface area contributed by atoms with Crippen LogP contribution < -0.4 is 5.32 Å². The Morgan fingerprint density at radius 2 is 2.15 bits per heavy atom. The van der Waals surface area contributed by atoms with Crippen molar-refractivity contribution < 1.29 is 4.79 Å². The summed E-state index contributed by atoms with van der Waals surface area (Å²) >= 11 is 0. The van der Waals surface area contributed by atoms with Crippen molar-refractivity contribution in [3.63, 3.8) is 0 Å². The van der Waals surface area contributed by atoms with Gasteiger partial charge in [-0.15, -0.1) is 0 Å². The van der Waals surface area contributed by atoms with Crippen molar-refractivity contribution in [2.45, 2.75) is 32.2 Å². The highest BCUT2D eigenvalue weighted by Gasteiger charge is 2.23. The SMILES string of the molecule is C[C@@H]1CCC[C@@H]1NCC(=O)N(C)C. The fourth-order valence-corrected chi connectivity index (χ4v) is 1.83. The standard InChI is InChI=1S/C10H20N2O/c1-8-5-4-6-9(8)11-7-10(13)12(2)3/h8-9,11H,4-7H2,1-3H3/t8-,9+/m1/s1. The molecule has 0 spiro atoms. The minimum atomic E-state index is 0.166. The molecule has 3 nitrogen and oxygen atoms in total. The van der Waals surface area contributed by atoms with Crippen LogP contribution in [0.2, 0.25) is 0 Å². The lowest BCUT2D eigenvalue weighted by Gasteiger charge is -2.18. The summed E-state index contributed by atoms with van der Waals surface area (Å²) in [6.07, 6.45) is 3.82. The van der Waals surface area contributed by atoms with Crippen molar-refractivity contribution in [1.29, 1.82) is 0 Å². The van der Waals surface area contributed by atoms with Gasteiger partial charge >= 0.3 is 0 Å². The third-order valence-corrected chi connectivity index (χ3v) is 2.88. The van der Waals surface area contributed by atoms with E-state index < -0.39 is 0 Å². The molecule has 1 aliphatic rings. The zero-order valence-electron chi connectivity index (χ0n) is 8.84. The Balaban J connectivity index is 2.22. The normalized spacial score (nSPS) is 27.6. The number of carbonyl (C=O) groups excluding carboxylic acids is 1. The smallest absolute Gasteiger partial charge is 0.236 e. The van der Waals surface area contributed by atoms with Gasteiger partial charge in [-0.3, -0.25) is 4.79 Å². The number of nitrogens with zero attached hydrogens (tertiary/aromatic N) is 1. The lowest BCUT2D eigenvalue weighted by atomic mass is 10.1. The first-order valence-electron chi connectivity index (χ1n) is 5.05. The van der Waals surface area contributed by atoms with Crippen LogP contribution in [0.4, 0.5) is 0 Å². The minimum absolute atomic E-state index is 0.166. The molecule has 1 aliphatic carbocycles. The second-order valence-electron chi connectivity index (χ2n) is 4.18. The van der Waals surface area contributed by atoms with E-state index in [9.17, 15) is 4.79 Å². The molecule has 0 bridgehead atoms. The van der Waals surface area contributed by atoms with E-state index in [2.05, 4.69) is 12.2 Å². The van der Waals surface area contributed by atoms with Gasteiger partial charge < -0.3 is 10.2 Å². The Morgan fingerprint density at radius 3 is 2.62 bits per heavy atom. The van der Waals surface area contributed by atoms with Gasteiger partial charge in [0.1, 0.15) is 0 Å². The van der Waals surface area contributed by atoms with Crippen LogP contribution >= 0.6 is 0 Å². The number of amides is 1. The maximum Gasteiger partial charge on any atom is 0.236 e. The van der Waals surface area contributed by atoms with Gasteiger partial charge in [-0.2, -0.15) is 0 Å². The molecule has 0 aromatic rings. The first kappa shape index (κ1) is 10.5. The summed E-state index contributed by atoms with van der Waals surface area (Å²) < 4.78 is 0. The topological polar surface area (TPSA) is 32.3 Å². The lowest BCUT2D eigenvalue weighted by Crippen LogP contribution is -2.39. The molecule has 1 amide bonds. The largest absolute Gasteiger partial charge is 0.348 e. The average molecular weight is 184 g/mol. The number of carbonyl (C=O) groups is 1. The number of likely N-dealkylation sites (N-methyl/N-ethyl adjacent to an activating group) is 1. The first-order valence-corrected chi connectivity index (χ1v) is 5.05. The van der Waals surface area contributed by atoms with Crippen LogP contribution in [0.3, 0.4) is 0 Å². The van der Waals surface area contributed by atoms with Crippen molar-refractivity contribution >= 4 is 5.91 Å². The molecule has 76 valence electrons. The molecular formula is C10H20N2O. The van der Waals surface area contributed by atoms with Crippen molar-refractivity contribution in [2.75, 3.05) is 20.6 Å². The number of hydrogen-bond donors (Lipinski definition) is 1. The summed E-state index contributed by atoms with van der Waals surface area (Å²) in [7, 11) is 3.59. The number of nitrogens with one attached hydrogen (secondary N) is 1. The van der Waals surface area contributed by atoms with Gasteiger partial charge in [0.25, 0.3) is 0 Å². The summed E-state index contributed by atoms with van der Waals surface area (Å²) in [6.45, 7) is 2.74. The molecular weight excluding hydrogens is 164 g/mol. The highest BCUT2D eigenvalue weighted by Crippen LogP contribution is 2.24. The fraction of sp³-hybridized carbons (Fsp3) is 0.900. The maximum atomic E-state index is 11.3. The van der Waals surface area contributed by atoms with Gasteiger partial charge in [0.15, 0.2) is 0 Å². The fourth-order valence-electron chi connectivity index (χ4n) is 1.83. The van der Waals surface area contributed by atoms with E-state index in [4.69, 9.17) is 0 Å². The number of rotatable bonds is 3. The molecule has 1 N–H and O–H groups in total. The molecule has 1 fully saturated rings. The van der Waals surface area contributed by atoms with Crippen LogP contribution in [-0.2, 0) is 4.79 Å². The molecule has 13 heavy (non-hydrogen) atoms. The molecule has 0 unspecified atom stereocenters. The Kier molecular flexibility index (Phi) is 3.72. The molecule has 0 radical (unpaired) electrons. The van der Waals surface area contributed by atoms with Gasteiger partial charge in [-0.05, 0) is 18.8 Å². The molecule has 2 atom stereocenters. The summed E-state index contributed by atoms with van der Waals surface area (Å²) in [4.78, 5) is 12.9. The van der Waals surface area contributed by atoms with E-state index in [0.29, 0.717) is 12.6 Å². The van der Waals surface area contributed by atoms with E-state index >= 15 is 0 Å². The third kappa shape index (κ3) is 2.99. The molecule has 0 aromatic heterocycles. The van der Waals surface area contributed by atoms with Crippen LogP contribution in [0.25, 0.3) is 0 Å². The predicted molar refractivity (Wildman–Crippen MR) is 53.5 cm³/mol. The number of hydrogen-bond acceptors (Lipinski definition) is 2. The van der Waals surface area contributed by atoms with Crippen LogP contribution in [0.15, 0.2) is 0 Å². The van der Waals surface area contributed by atoms with Crippen LogP contribution in [0.1, 0.15) is 26.2 Å². The van der Waals surface area contributed by atoms with Gasteiger partial charge in [-0.25, -0.2) is 0 Å². The second-order valence-corrected chi connectivity index (χ2v) is 4.18.